The van der Waals surface area contributed by atoms with Crippen LogP contribution < -0.4 is 0 Å². The molecule has 0 saturated carbocycles. The normalized spacial score (nSPS) is 11.8. The maximum atomic E-state index is 11.4. The third kappa shape index (κ3) is 9.42. The van der Waals surface area contributed by atoms with Gasteiger partial charge in [0.2, 0.25) is 0 Å². The molecular formula is C12H26O2SSi. The van der Waals surface area contributed by atoms with Crippen molar-refractivity contribution >= 4 is 25.2 Å². The number of rotatable bonds is 9. The second-order valence-corrected chi connectivity index (χ2v) is 10.1. The summed E-state index contributed by atoms with van der Waals surface area (Å²) >= 11 is 1.50. The van der Waals surface area contributed by atoms with Gasteiger partial charge in [-0.15, -0.1) is 0 Å². The summed E-state index contributed by atoms with van der Waals surface area (Å²) in [5, 5.41) is 0.359. The van der Waals surface area contributed by atoms with E-state index in [4.69, 9.17) is 4.43 Å². The van der Waals surface area contributed by atoms with E-state index in [0.29, 0.717) is 5.12 Å². The predicted molar refractivity (Wildman–Crippen MR) is 75.5 cm³/mol. The van der Waals surface area contributed by atoms with E-state index in [-0.39, 0.29) is 0 Å². The number of unbranched alkanes of at least 4 members (excludes halogenated alkanes) is 1. The van der Waals surface area contributed by atoms with Crippen LogP contribution in [-0.2, 0) is 9.22 Å². The lowest BCUT2D eigenvalue weighted by Gasteiger charge is -2.21. The Hall–Kier alpha value is 0.197. The zero-order valence-corrected chi connectivity index (χ0v) is 13.0. The Morgan fingerprint density at radius 1 is 1.25 bits per heavy atom. The van der Waals surface area contributed by atoms with Gasteiger partial charge in [-0.2, -0.15) is 0 Å². The van der Waals surface area contributed by atoms with Gasteiger partial charge < -0.3 is 4.43 Å². The Labute approximate surface area is 106 Å². The van der Waals surface area contributed by atoms with Crippen molar-refractivity contribution in [3.8, 4) is 0 Å². The summed E-state index contributed by atoms with van der Waals surface area (Å²) in [5.41, 5.74) is 0. The fourth-order valence-electron chi connectivity index (χ4n) is 1.54. The fraction of sp³-hybridized carbons (Fsp3) is 0.917. The molecule has 0 amide bonds. The minimum absolute atomic E-state index is 0.359. The van der Waals surface area contributed by atoms with Crippen LogP contribution in [0, 0.1) is 0 Å². The number of hydrogen-bond donors (Lipinski definition) is 0. The molecule has 0 spiro atoms. The van der Waals surface area contributed by atoms with Crippen LogP contribution in [0.4, 0.5) is 0 Å². The molecule has 0 aliphatic rings. The number of hydrogen-bond acceptors (Lipinski definition) is 3. The molecule has 0 fully saturated rings. The van der Waals surface area contributed by atoms with Gasteiger partial charge in [-0.3, -0.25) is 4.79 Å². The van der Waals surface area contributed by atoms with Crippen LogP contribution in [-0.4, -0.2) is 25.8 Å². The van der Waals surface area contributed by atoms with Crippen molar-refractivity contribution in [2.45, 2.75) is 58.7 Å². The average Bonchev–Trinajstić information content (AvgIpc) is 2.21. The van der Waals surface area contributed by atoms with Crippen LogP contribution in [0.2, 0.25) is 19.1 Å². The summed E-state index contributed by atoms with van der Waals surface area (Å²) in [7, 11) is -1.43. The lowest BCUT2D eigenvalue weighted by molar-refractivity contribution is -0.111. The molecule has 0 aliphatic heterocycles. The topological polar surface area (TPSA) is 26.3 Å². The van der Waals surface area contributed by atoms with Gasteiger partial charge in [0.1, 0.15) is 0 Å². The van der Waals surface area contributed by atoms with Crippen molar-refractivity contribution in [1.82, 2.24) is 0 Å². The lowest BCUT2D eigenvalue weighted by atomic mass is 10.3. The molecule has 0 aromatic carbocycles. The van der Waals surface area contributed by atoms with Gasteiger partial charge in [0.15, 0.2) is 13.4 Å². The van der Waals surface area contributed by atoms with Gasteiger partial charge in [-0.1, -0.05) is 25.1 Å². The predicted octanol–water partition coefficient (Wildman–Crippen LogP) is 4.07. The Balaban J connectivity index is 3.48. The Morgan fingerprint density at radius 2 is 1.94 bits per heavy atom. The van der Waals surface area contributed by atoms with Crippen LogP contribution in [0.1, 0.15) is 39.5 Å². The second-order valence-electron chi connectivity index (χ2n) is 4.62. The van der Waals surface area contributed by atoms with Gasteiger partial charge in [0.25, 0.3) is 0 Å². The maximum Gasteiger partial charge on any atom is 0.188 e. The fourth-order valence-corrected chi connectivity index (χ4v) is 4.56. The smallest absolute Gasteiger partial charge is 0.188 e. The maximum absolute atomic E-state index is 11.4. The van der Waals surface area contributed by atoms with Crippen LogP contribution >= 0.6 is 11.8 Å². The van der Waals surface area contributed by atoms with Crippen LogP contribution in [0.15, 0.2) is 0 Å². The highest BCUT2D eigenvalue weighted by molar-refractivity contribution is 8.13. The molecule has 0 rings (SSSR count). The van der Waals surface area contributed by atoms with Crippen molar-refractivity contribution in [2.75, 3.05) is 12.4 Å². The third-order valence-electron chi connectivity index (χ3n) is 2.46. The Kier molecular flexibility index (Phi) is 9.36. The highest BCUT2D eigenvalue weighted by Gasteiger charge is 2.20. The van der Waals surface area contributed by atoms with E-state index >= 15 is 0 Å². The lowest BCUT2D eigenvalue weighted by Crippen LogP contribution is -2.30. The van der Waals surface area contributed by atoms with Crippen LogP contribution in [0.5, 0.6) is 0 Å². The van der Waals surface area contributed by atoms with Crippen molar-refractivity contribution in [3.63, 3.8) is 0 Å². The van der Waals surface area contributed by atoms with Crippen molar-refractivity contribution < 1.29 is 9.22 Å². The van der Waals surface area contributed by atoms with Crippen molar-refractivity contribution in [3.05, 3.63) is 0 Å². The van der Waals surface area contributed by atoms with Gasteiger partial charge in [-0.25, -0.2) is 0 Å². The van der Waals surface area contributed by atoms with Crippen LogP contribution in [0.25, 0.3) is 0 Å². The van der Waals surface area contributed by atoms with Crippen molar-refractivity contribution in [2.24, 2.45) is 0 Å². The minimum Gasteiger partial charge on any atom is -0.418 e. The highest BCUT2D eigenvalue weighted by atomic mass is 32.2. The molecule has 0 aromatic heterocycles. The first-order valence-electron chi connectivity index (χ1n) is 6.31. The van der Waals surface area contributed by atoms with E-state index in [1.165, 1.54) is 11.8 Å². The quantitative estimate of drug-likeness (QED) is 0.463. The summed E-state index contributed by atoms with van der Waals surface area (Å²) in [6, 6.07) is 1.16. The summed E-state index contributed by atoms with van der Waals surface area (Å²) in [5.74, 6) is 0.964. The number of thioether (sulfide) groups is 1. The summed E-state index contributed by atoms with van der Waals surface area (Å²) in [6.45, 7) is 9.49. The SMILES string of the molecule is CCCCC(=O)SCCC[Si](C)(C)OCC. The summed E-state index contributed by atoms with van der Waals surface area (Å²) in [4.78, 5) is 11.4. The molecule has 0 aromatic rings. The zero-order chi connectivity index (χ0) is 12.4. The van der Waals surface area contributed by atoms with E-state index in [1.54, 1.807) is 0 Å². The number of carbonyl (C=O) groups excluding carboxylic acids is 1. The van der Waals surface area contributed by atoms with Crippen molar-refractivity contribution in [1.29, 1.82) is 0 Å². The first kappa shape index (κ1) is 16.2. The zero-order valence-electron chi connectivity index (χ0n) is 11.2. The molecule has 0 radical (unpaired) electrons. The molecule has 4 heteroatoms. The molecule has 0 unspecified atom stereocenters. The minimum atomic E-state index is -1.43. The first-order valence-corrected chi connectivity index (χ1v) is 10.4. The van der Waals surface area contributed by atoms with E-state index in [1.807, 2.05) is 0 Å². The molecule has 96 valence electrons. The molecule has 16 heavy (non-hydrogen) atoms. The number of carbonyl (C=O) groups is 1. The van der Waals surface area contributed by atoms with Crippen LogP contribution in [0.3, 0.4) is 0 Å². The largest absolute Gasteiger partial charge is 0.418 e. The van der Waals surface area contributed by atoms with Gasteiger partial charge in [-0.05, 0) is 38.9 Å². The summed E-state index contributed by atoms with van der Waals surface area (Å²) < 4.78 is 5.75. The van der Waals surface area contributed by atoms with E-state index < -0.39 is 8.32 Å². The molecule has 0 N–H and O–H groups in total. The monoisotopic (exact) mass is 262 g/mol. The second kappa shape index (κ2) is 9.25. The molecule has 0 aliphatic carbocycles. The van der Waals surface area contributed by atoms with Gasteiger partial charge in [0.05, 0.1) is 0 Å². The molecule has 0 atom stereocenters. The highest BCUT2D eigenvalue weighted by Crippen LogP contribution is 2.17. The van der Waals surface area contributed by atoms with E-state index in [9.17, 15) is 4.79 Å². The average molecular weight is 262 g/mol. The van der Waals surface area contributed by atoms with E-state index in [2.05, 4.69) is 26.9 Å². The van der Waals surface area contributed by atoms with E-state index in [0.717, 1.165) is 44.1 Å². The first-order chi connectivity index (χ1) is 7.52. The molecule has 0 heterocycles. The summed E-state index contributed by atoms with van der Waals surface area (Å²) in [6.07, 6.45) is 4.00. The third-order valence-corrected chi connectivity index (χ3v) is 6.10. The standard InChI is InChI=1S/C12H26O2SSi/c1-5-7-9-12(13)15-10-8-11-16(3,4)14-6-2/h5-11H2,1-4H3. The Morgan fingerprint density at radius 3 is 2.50 bits per heavy atom. The molecule has 2 nitrogen and oxygen atoms in total. The molecule has 0 bridgehead atoms. The Bertz CT molecular complexity index is 195. The van der Waals surface area contributed by atoms with Gasteiger partial charge >= 0.3 is 0 Å². The molecule has 0 saturated heterocycles. The van der Waals surface area contributed by atoms with Gasteiger partial charge in [0, 0.05) is 18.8 Å². The molecular weight excluding hydrogens is 236 g/mol.